The van der Waals surface area contributed by atoms with Crippen LogP contribution in [0, 0.1) is 11.7 Å². The van der Waals surface area contributed by atoms with Gasteiger partial charge in [-0.1, -0.05) is 0 Å². The lowest BCUT2D eigenvalue weighted by atomic mass is 10.1. The van der Waals surface area contributed by atoms with Gasteiger partial charge in [0.05, 0.1) is 5.69 Å². The number of hydrogen-bond donors (Lipinski definition) is 1. The van der Waals surface area contributed by atoms with Crippen molar-refractivity contribution in [1.29, 1.82) is 0 Å². The average molecular weight is 326 g/mol. The zero-order valence-electron chi connectivity index (χ0n) is 12.6. The molecule has 0 bridgehead atoms. The van der Waals surface area contributed by atoms with Crippen molar-refractivity contribution in [2.24, 2.45) is 5.92 Å². The molecule has 0 radical (unpaired) electrons. The normalized spacial score (nSPS) is 18.4. The monoisotopic (exact) mass is 325 g/mol. The number of halogens is 2. The summed E-state index contributed by atoms with van der Waals surface area (Å²) in [6.07, 6.45) is 2.92. The predicted molar refractivity (Wildman–Crippen MR) is 86.5 cm³/mol. The molecule has 2 aromatic rings. The van der Waals surface area contributed by atoms with Crippen molar-refractivity contribution in [1.82, 2.24) is 15.2 Å². The summed E-state index contributed by atoms with van der Waals surface area (Å²) in [5, 5.41) is 3.23. The van der Waals surface area contributed by atoms with Crippen LogP contribution in [0.15, 0.2) is 34.9 Å². The lowest BCUT2D eigenvalue weighted by molar-refractivity contribution is 0.311. The third-order valence-corrected chi connectivity index (χ3v) is 3.89. The van der Waals surface area contributed by atoms with E-state index in [9.17, 15) is 4.39 Å². The van der Waals surface area contributed by atoms with Crippen LogP contribution >= 0.6 is 12.4 Å². The van der Waals surface area contributed by atoms with Gasteiger partial charge in [0.2, 0.25) is 5.89 Å². The Morgan fingerprint density at radius 3 is 2.86 bits per heavy atom. The van der Waals surface area contributed by atoms with Gasteiger partial charge in [0.15, 0.2) is 0 Å². The highest BCUT2D eigenvalue weighted by Crippen LogP contribution is 2.22. The number of benzene rings is 1. The van der Waals surface area contributed by atoms with Crippen LogP contribution in [0.1, 0.15) is 12.1 Å². The van der Waals surface area contributed by atoms with Crippen LogP contribution in [0.5, 0.6) is 0 Å². The van der Waals surface area contributed by atoms with E-state index >= 15 is 0 Å². The summed E-state index contributed by atoms with van der Waals surface area (Å²) in [6, 6.07) is 6.21. The van der Waals surface area contributed by atoms with E-state index in [-0.39, 0.29) is 18.2 Å². The molecular formula is C16H21ClFN3O. The Kier molecular flexibility index (Phi) is 5.94. The minimum Gasteiger partial charge on any atom is -0.444 e. The van der Waals surface area contributed by atoms with Crippen LogP contribution in [0.3, 0.4) is 0 Å². The molecule has 1 N–H and O–H groups in total. The topological polar surface area (TPSA) is 41.3 Å². The zero-order valence-corrected chi connectivity index (χ0v) is 13.4. The zero-order chi connectivity index (χ0) is 14.7. The van der Waals surface area contributed by atoms with Gasteiger partial charge >= 0.3 is 0 Å². The third-order valence-electron chi connectivity index (χ3n) is 3.89. The Morgan fingerprint density at radius 1 is 1.36 bits per heavy atom. The van der Waals surface area contributed by atoms with Crippen molar-refractivity contribution in [2.45, 2.75) is 13.0 Å². The van der Waals surface area contributed by atoms with Crippen molar-refractivity contribution >= 4 is 12.4 Å². The minimum atomic E-state index is -0.252. The fourth-order valence-corrected chi connectivity index (χ4v) is 2.85. The summed E-state index contributed by atoms with van der Waals surface area (Å²) in [5.41, 5.74) is 1.73. The SMILES string of the molecule is CNCC1CCN(Cc2coc(-c3ccc(F)cc3)n2)C1.Cl. The first-order chi connectivity index (χ1) is 10.2. The second-order valence-electron chi connectivity index (χ2n) is 5.60. The van der Waals surface area contributed by atoms with Gasteiger partial charge in [0.1, 0.15) is 12.1 Å². The van der Waals surface area contributed by atoms with E-state index < -0.39 is 0 Å². The molecule has 1 aliphatic rings. The van der Waals surface area contributed by atoms with Crippen LogP contribution in [0.2, 0.25) is 0 Å². The van der Waals surface area contributed by atoms with Gasteiger partial charge in [-0.3, -0.25) is 4.90 Å². The summed E-state index contributed by atoms with van der Waals surface area (Å²) in [5.74, 6) is 1.02. The highest BCUT2D eigenvalue weighted by atomic mass is 35.5. The molecule has 2 heterocycles. The van der Waals surface area contributed by atoms with Crippen LogP contribution in [0.4, 0.5) is 4.39 Å². The molecule has 1 fully saturated rings. The first-order valence-electron chi connectivity index (χ1n) is 7.32. The van der Waals surface area contributed by atoms with Gasteiger partial charge in [0, 0.05) is 18.7 Å². The minimum absolute atomic E-state index is 0. The molecule has 0 spiro atoms. The van der Waals surface area contributed by atoms with E-state index in [0.717, 1.165) is 43.4 Å². The van der Waals surface area contributed by atoms with Crippen molar-refractivity contribution in [3.8, 4) is 11.5 Å². The second-order valence-corrected chi connectivity index (χ2v) is 5.60. The van der Waals surface area contributed by atoms with Crippen molar-refractivity contribution in [3.05, 3.63) is 42.0 Å². The number of nitrogens with one attached hydrogen (secondary N) is 1. The standard InChI is InChI=1S/C16H20FN3O.ClH/c1-18-8-12-6-7-20(9-12)10-15-11-21-16(19-15)13-2-4-14(17)5-3-13;/h2-5,11-12,18H,6-10H2,1H3;1H. The van der Waals surface area contributed by atoms with E-state index in [2.05, 4.69) is 15.2 Å². The number of oxazole rings is 1. The third kappa shape index (κ3) is 4.06. The summed E-state index contributed by atoms with van der Waals surface area (Å²) in [6.45, 7) is 4.08. The van der Waals surface area contributed by atoms with Crippen LogP contribution < -0.4 is 5.32 Å². The van der Waals surface area contributed by atoms with Crippen LogP contribution in [0.25, 0.3) is 11.5 Å². The maximum Gasteiger partial charge on any atom is 0.226 e. The van der Waals surface area contributed by atoms with Crippen LogP contribution in [-0.4, -0.2) is 36.6 Å². The van der Waals surface area contributed by atoms with Crippen molar-refractivity contribution in [3.63, 3.8) is 0 Å². The molecule has 6 heteroatoms. The molecule has 1 unspecified atom stereocenters. The van der Waals surface area contributed by atoms with Gasteiger partial charge in [-0.05, 0) is 56.7 Å². The average Bonchev–Trinajstić information content (AvgIpc) is 3.11. The van der Waals surface area contributed by atoms with Crippen LogP contribution in [-0.2, 0) is 6.54 Å². The molecule has 3 rings (SSSR count). The Balaban J connectivity index is 0.00000176. The predicted octanol–water partition coefficient (Wildman–Crippen LogP) is 2.94. The molecule has 22 heavy (non-hydrogen) atoms. The van der Waals surface area contributed by atoms with Crippen molar-refractivity contribution in [2.75, 3.05) is 26.7 Å². The molecule has 1 atom stereocenters. The maximum atomic E-state index is 12.9. The number of hydrogen-bond acceptors (Lipinski definition) is 4. The highest BCUT2D eigenvalue weighted by molar-refractivity contribution is 5.85. The number of rotatable bonds is 5. The van der Waals surface area contributed by atoms with Gasteiger partial charge in [-0.25, -0.2) is 9.37 Å². The molecule has 1 saturated heterocycles. The highest BCUT2D eigenvalue weighted by Gasteiger charge is 2.22. The van der Waals surface area contributed by atoms with Gasteiger partial charge in [-0.15, -0.1) is 12.4 Å². The lowest BCUT2D eigenvalue weighted by Crippen LogP contribution is -2.24. The molecule has 0 saturated carbocycles. The fraction of sp³-hybridized carbons (Fsp3) is 0.438. The molecule has 0 aliphatic carbocycles. The quantitative estimate of drug-likeness (QED) is 0.917. The maximum absolute atomic E-state index is 12.9. The Hall–Kier alpha value is -1.43. The summed E-state index contributed by atoms with van der Waals surface area (Å²) in [4.78, 5) is 6.90. The van der Waals surface area contributed by atoms with E-state index in [1.165, 1.54) is 18.6 Å². The number of likely N-dealkylation sites (tertiary alicyclic amines) is 1. The molecule has 1 aromatic heterocycles. The van der Waals surface area contributed by atoms with Gasteiger partial charge < -0.3 is 9.73 Å². The van der Waals surface area contributed by atoms with E-state index in [1.54, 1.807) is 18.4 Å². The first kappa shape index (κ1) is 16.9. The summed E-state index contributed by atoms with van der Waals surface area (Å²) >= 11 is 0. The summed E-state index contributed by atoms with van der Waals surface area (Å²) in [7, 11) is 2.00. The first-order valence-corrected chi connectivity index (χ1v) is 7.32. The largest absolute Gasteiger partial charge is 0.444 e. The number of nitrogens with zero attached hydrogens (tertiary/aromatic N) is 2. The van der Waals surface area contributed by atoms with Crippen molar-refractivity contribution < 1.29 is 8.81 Å². The molecule has 120 valence electrons. The molecule has 1 aromatic carbocycles. The van der Waals surface area contributed by atoms with E-state index in [1.807, 2.05) is 7.05 Å². The molecule has 0 amide bonds. The Labute approximate surface area is 136 Å². The van der Waals surface area contributed by atoms with Gasteiger partial charge in [-0.2, -0.15) is 0 Å². The molecule has 4 nitrogen and oxygen atoms in total. The molecular weight excluding hydrogens is 305 g/mol. The lowest BCUT2D eigenvalue weighted by Gasteiger charge is -2.13. The van der Waals surface area contributed by atoms with Gasteiger partial charge in [0.25, 0.3) is 0 Å². The van der Waals surface area contributed by atoms with E-state index in [0.29, 0.717) is 5.89 Å². The van der Waals surface area contributed by atoms with E-state index in [4.69, 9.17) is 4.42 Å². The Bertz CT molecular complexity index is 587. The smallest absolute Gasteiger partial charge is 0.226 e. The fourth-order valence-electron chi connectivity index (χ4n) is 2.85. The summed E-state index contributed by atoms with van der Waals surface area (Å²) < 4.78 is 18.4. The molecule has 1 aliphatic heterocycles. The Morgan fingerprint density at radius 2 is 2.14 bits per heavy atom. The number of aromatic nitrogens is 1. The second kappa shape index (κ2) is 7.72.